The van der Waals surface area contributed by atoms with Crippen molar-refractivity contribution in [1.29, 1.82) is 0 Å². The number of nitrogens with one attached hydrogen (secondary N) is 2. The van der Waals surface area contributed by atoms with E-state index in [0.29, 0.717) is 6.54 Å². The molecule has 0 bridgehead atoms. The lowest BCUT2D eigenvalue weighted by Crippen LogP contribution is -2.39. The molecule has 4 nitrogen and oxygen atoms in total. The largest absolute Gasteiger partial charge is 0.351 e. The van der Waals surface area contributed by atoms with Crippen LogP contribution in [0.3, 0.4) is 0 Å². The molecule has 0 saturated carbocycles. The highest BCUT2D eigenvalue weighted by Crippen LogP contribution is 2.05. The molecule has 1 atom stereocenters. The summed E-state index contributed by atoms with van der Waals surface area (Å²) >= 11 is 0. The third kappa shape index (κ3) is 2.76. The van der Waals surface area contributed by atoms with Gasteiger partial charge in [-0.1, -0.05) is 0 Å². The van der Waals surface area contributed by atoms with Crippen LogP contribution in [0.25, 0.3) is 0 Å². The van der Waals surface area contributed by atoms with Crippen LogP contribution in [-0.4, -0.2) is 23.5 Å². The molecule has 1 aromatic heterocycles. The number of carbonyl (C=O) groups is 1. The minimum Gasteiger partial charge on any atom is -0.351 e. The fraction of sp³-hybridized carbons (Fsp3) is 0.455. The van der Waals surface area contributed by atoms with Gasteiger partial charge in [0.15, 0.2) is 0 Å². The van der Waals surface area contributed by atoms with Crippen molar-refractivity contribution in [3.8, 4) is 0 Å². The number of aromatic nitrogens is 1. The van der Waals surface area contributed by atoms with Crippen LogP contribution in [0.2, 0.25) is 0 Å². The first-order valence-corrected chi connectivity index (χ1v) is 5.26. The molecule has 0 unspecified atom stereocenters. The van der Waals surface area contributed by atoms with E-state index in [4.69, 9.17) is 0 Å². The molecule has 1 fully saturated rings. The Bertz CT molecular complexity index is 320. The summed E-state index contributed by atoms with van der Waals surface area (Å²) in [6.07, 6.45) is 5.50. The quantitative estimate of drug-likeness (QED) is 0.753. The lowest BCUT2D eigenvalue weighted by molar-refractivity contribution is -0.122. The molecule has 1 aliphatic rings. The molecule has 0 aliphatic carbocycles. The molecule has 15 heavy (non-hydrogen) atoms. The Kier molecular flexibility index (Phi) is 3.29. The summed E-state index contributed by atoms with van der Waals surface area (Å²) < 4.78 is 0. The average molecular weight is 205 g/mol. The van der Waals surface area contributed by atoms with Crippen LogP contribution < -0.4 is 10.6 Å². The molecule has 1 aliphatic heterocycles. The molecule has 2 rings (SSSR count). The molecule has 0 radical (unpaired) electrons. The van der Waals surface area contributed by atoms with Crippen LogP contribution in [-0.2, 0) is 11.3 Å². The first kappa shape index (κ1) is 10.1. The van der Waals surface area contributed by atoms with Crippen molar-refractivity contribution in [3.63, 3.8) is 0 Å². The van der Waals surface area contributed by atoms with E-state index in [0.717, 1.165) is 24.9 Å². The van der Waals surface area contributed by atoms with Gasteiger partial charge in [0.1, 0.15) is 0 Å². The van der Waals surface area contributed by atoms with Gasteiger partial charge in [0.05, 0.1) is 6.04 Å². The Hall–Kier alpha value is -1.42. The Morgan fingerprint density at radius 1 is 1.53 bits per heavy atom. The molecule has 2 N–H and O–H groups in total. The van der Waals surface area contributed by atoms with E-state index in [2.05, 4.69) is 15.6 Å². The minimum absolute atomic E-state index is 0.00633. The fourth-order valence-corrected chi connectivity index (χ4v) is 1.72. The van der Waals surface area contributed by atoms with Gasteiger partial charge >= 0.3 is 0 Å². The lowest BCUT2D eigenvalue weighted by atomic mass is 10.2. The number of rotatable bonds is 3. The molecule has 80 valence electrons. The van der Waals surface area contributed by atoms with Crippen molar-refractivity contribution in [2.75, 3.05) is 6.54 Å². The van der Waals surface area contributed by atoms with Gasteiger partial charge < -0.3 is 10.6 Å². The number of pyridine rings is 1. The monoisotopic (exact) mass is 205 g/mol. The Morgan fingerprint density at radius 3 is 3.00 bits per heavy atom. The van der Waals surface area contributed by atoms with E-state index in [-0.39, 0.29) is 11.9 Å². The second-order valence-electron chi connectivity index (χ2n) is 3.72. The van der Waals surface area contributed by atoms with Crippen LogP contribution in [0.4, 0.5) is 0 Å². The number of carbonyl (C=O) groups excluding carboxylic acids is 1. The second kappa shape index (κ2) is 4.89. The van der Waals surface area contributed by atoms with Gasteiger partial charge in [0.25, 0.3) is 0 Å². The molecule has 1 saturated heterocycles. The maximum Gasteiger partial charge on any atom is 0.237 e. The highest BCUT2D eigenvalue weighted by molar-refractivity contribution is 5.81. The maximum atomic E-state index is 11.6. The summed E-state index contributed by atoms with van der Waals surface area (Å²) in [5, 5.41) is 6.08. The van der Waals surface area contributed by atoms with Crippen LogP contribution in [0.15, 0.2) is 24.5 Å². The molecule has 0 aromatic carbocycles. The van der Waals surface area contributed by atoms with Crippen molar-refractivity contribution in [2.45, 2.75) is 25.4 Å². The first-order chi connectivity index (χ1) is 7.36. The zero-order valence-electron chi connectivity index (χ0n) is 8.57. The summed E-state index contributed by atoms with van der Waals surface area (Å²) in [6, 6.07) is 3.82. The highest BCUT2D eigenvalue weighted by Gasteiger charge is 2.21. The van der Waals surface area contributed by atoms with Gasteiger partial charge in [0, 0.05) is 18.9 Å². The maximum absolute atomic E-state index is 11.6. The molecular formula is C11H15N3O. The SMILES string of the molecule is O=C(NCc1ccncc1)[C@H]1CCCN1. The summed E-state index contributed by atoms with van der Waals surface area (Å²) in [6.45, 7) is 1.53. The van der Waals surface area contributed by atoms with E-state index in [9.17, 15) is 4.79 Å². The highest BCUT2D eigenvalue weighted by atomic mass is 16.2. The van der Waals surface area contributed by atoms with Gasteiger partial charge in [-0.3, -0.25) is 9.78 Å². The summed E-state index contributed by atoms with van der Waals surface area (Å²) in [7, 11) is 0. The van der Waals surface area contributed by atoms with Gasteiger partial charge in [-0.25, -0.2) is 0 Å². The number of nitrogens with zero attached hydrogens (tertiary/aromatic N) is 1. The molecular weight excluding hydrogens is 190 g/mol. The minimum atomic E-state index is 0.00633. The number of hydrogen-bond acceptors (Lipinski definition) is 3. The van der Waals surface area contributed by atoms with E-state index in [1.807, 2.05) is 12.1 Å². The van der Waals surface area contributed by atoms with E-state index < -0.39 is 0 Å². The number of hydrogen-bond donors (Lipinski definition) is 2. The predicted octanol–water partition coefficient (Wildman–Crippen LogP) is 0.450. The smallest absolute Gasteiger partial charge is 0.237 e. The van der Waals surface area contributed by atoms with Crippen LogP contribution in [0.5, 0.6) is 0 Å². The summed E-state index contributed by atoms with van der Waals surface area (Å²) in [4.78, 5) is 15.6. The van der Waals surface area contributed by atoms with Gasteiger partial charge in [-0.15, -0.1) is 0 Å². The lowest BCUT2D eigenvalue weighted by Gasteiger charge is -2.10. The Balaban J connectivity index is 1.80. The number of amides is 1. The van der Waals surface area contributed by atoms with Crippen molar-refractivity contribution in [1.82, 2.24) is 15.6 Å². The Labute approximate surface area is 89.1 Å². The third-order valence-electron chi connectivity index (χ3n) is 2.59. The van der Waals surface area contributed by atoms with Crippen LogP contribution in [0.1, 0.15) is 18.4 Å². The molecule has 2 heterocycles. The van der Waals surface area contributed by atoms with Crippen LogP contribution in [0, 0.1) is 0 Å². The molecule has 0 spiro atoms. The van der Waals surface area contributed by atoms with Gasteiger partial charge in [0.2, 0.25) is 5.91 Å². The summed E-state index contributed by atoms with van der Waals surface area (Å²) in [5.41, 5.74) is 1.08. The van der Waals surface area contributed by atoms with Crippen molar-refractivity contribution < 1.29 is 4.79 Å². The van der Waals surface area contributed by atoms with Crippen molar-refractivity contribution in [3.05, 3.63) is 30.1 Å². The molecule has 1 aromatic rings. The van der Waals surface area contributed by atoms with E-state index in [1.54, 1.807) is 12.4 Å². The topological polar surface area (TPSA) is 54.0 Å². The second-order valence-corrected chi connectivity index (χ2v) is 3.72. The molecule has 4 heteroatoms. The predicted molar refractivity (Wildman–Crippen MR) is 57.1 cm³/mol. The molecule has 1 amide bonds. The van der Waals surface area contributed by atoms with Gasteiger partial charge in [-0.05, 0) is 37.1 Å². The summed E-state index contributed by atoms with van der Waals surface area (Å²) in [5.74, 6) is 0.101. The van der Waals surface area contributed by atoms with E-state index in [1.165, 1.54) is 0 Å². The first-order valence-electron chi connectivity index (χ1n) is 5.26. The van der Waals surface area contributed by atoms with E-state index >= 15 is 0 Å². The van der Waals surface area contributed by atoms with Gasteiger partial charge in [-0.2, -0.15) is 0 Å². The van der Waals surface area contributed by atoms with Crippen molar-refractivity contribution in [2.24, 2.45) is 0 Å². The third-order valence-corrected chi connectivity index (χ3v) is 2.59. The van der Waals surface area contributed by atoms with Crippen LogP contribution >= 0.6 is 0 Å². The zero-order chi connectivity index (χ0) is 10.5. The van der Waals surface area contributed by atoms with Crippen molar-refractivity contribution >= 4 is 5.91 Å². The Morgan fingerprint density at radius 2 is 2.33 bits per heavy atom. The zero-order valence-corrected chi connectivity index (χ0v) is 8.57. The average Bonchev–Trinajstić information content (AvgIpc) is 2.81. The standard InChI is InChI=1S/C11H15N3O/c15-11(10-2-1-5-13-10)14-8-9-3-6-12-7-4-9/h3-4,6-7,10,13H,1-2,5,8H2,(H,14,15)/t10-/m1/s1. The normalized spacial score (nSPS) is 20.1. The fourth-order valence-electron chi connectivity index (χ4n) is 1.72.